The fourth-order valence-corrected chi connectivity index (χ4v) is 2.11. The van der Waals surface area contributed by atoms with Gasteiger partial charge in [-0.25, -0.2) is 0 Å². The van der Waals surface area contributed by atoms with Crippen molar-refractivity contribution < 1.29 is 5.11 Å². The average molecular weight is 236 g/mol. The fourth-order valence-electron chi connectivity index (χ4n) is 2.11. The molecule has 0 atom stereocenters. The molecule has 0 saturated heterocycles. The fraction of sp³-hybridized carbons (Fsp3) is 0.0667. The van der Waals surface area contributed by atoms with Crippen molar-refractivity contribution in [1.82, 2.24) is 9.97 Å². The minimum absolute atomic E-state index is 0.00844. The molecule has 3 heteroatoms. The maximum Gasteiger partial charge on any atom is 0.0799 e. The summed E-state index contributed by atoms with van der Waals surface area (Å²) in [6.45, 7) is 0.00844. The summed E-state index contributed by atoms with van der Waals surface area (Å²) in [5, 5.41) is 11.5. The number of benzene rings is 1. The highest BCUT2D eigenvalue weighted by atomic mass is 16.3. The van der Waals surface area contributed by atoms with Gasteiger partial charge in [0.1, 0.15) is 0 Å². The van der Waals surface area contributed by atoms with E-state index in [2.05, 4.69) is 9.97 Å². The van der Waals surface area contributed by atoms with E-state index in [1.165, 1.54) is 0 Å². The maximum atomic E-state index is 9.41. The lowest BCUT2D eigenvalue weighted by Gasteiger charge is -2.09. The molecule has 0 spiro atoms. The first-order valence-corrected chi connectivity index (χ1v) is 5.78. The quantitative estimate of drug-likeness (QED) is 0.744. The summed E-state index contributed by atoms with van der Waals surface area (Å²) in [7, 11) is 0. The van der Waals surface area contributed by atoms with E-state index in [-0.39, 0.29) is 6.61 Å². The molecule has 0 saturated carbocycles. The van der Waals surface area contributed by atoms with E-state index in [0.29, 0.717) is 0 Å². The van der Waals surface area contributed by atoms with Crippen LogP contribution in [0.15, 0.2) is 55.0 Å². The van der Waals surface area contributed by atoms with Crippen molar-refractivity contribution in [3.8, 4) is 11.3 Å². The number of rotatable bonds is 2. The molecule has 1 N–H and O–H groups in total. The Morgan fingerprint density at radius 2 is 1.83 bits per heavy atom. The first-order valence-electron chi connectivity index (χ1n) is 5.78. The van der Waals surface area contributed by atoms with Crippen molar-refractivity contribution in [2.24, 2.45) is 0 Å². The summed E-state index contributed by atoms with van der Waals surface area (Å²) >= 11 is 0. The molecular formula is C15H12N2O. The van der Waals surface area contributed by atoms with Gasteiger partial charge in [0.05, 0.1) is 12.3 Å². The topological polar surface area (TPSA) is 46.0 Å². The molecule has 0 aliphatic carbocycles. The zero-order chi connectivity index (χ0) is 12.4. The zero-order valence-electron chi connectivity index (χ0n) is 9.74. The number of hydrogen-bond donors (Lipinski definition) is 1. The average Bonchev–Trinajstić information content (AvgIpc) is 2.46. The van der Waals surface area contributed by atoms with Gasteiger partial charge in [0.2, 0.25) is 0 Å². The van der Waals surface area contributed by atoms with Crippen LogP contribution in [-0.2, 0) is 6.61 Å². The van der Waals surface area contributed by atoms with Crippen LogP contribution in [-0.4, -0.2) is 15.1 Å². The Labute approximate surface area is 105 Å². The van der Waals surface area contributed by atoms with Crippen molar-refractivity contribution >= 4 is 10.8 Å². The lowest BCUT2D eigenvalue weighted by molar-refractivity contribution is 0.282. The van der Waals surface area contributed by atoms with E-state index in [1.54, 1.807) is 12.4 Å². The molecule has 3 nitrogen and oxygen atoms in total. The molecule has 3 rings (SSSR count). The van der Waals surface area contributed by atoms with Crippen LogP contribution in [0.2, 0.25) is 0 Å². The summed E-state index contributed by atoms with van der Waals surface area (Å²) in [4.78, 5) is 8.59. The van der Waals surface area contributed by atoms with Crippen LogP contribution in [0.25, 0.3) is 22.0 Å². The molecule has 0 amide bonds. The highest BCUT2D eigenvalue weighted by molar-refractivity contribution is 5.94. The lowest BCUT2D eigenvalue weighted by Crippen LogP contribution is -1.92. The van der Waals surface area contributed by atoms with Crippen LogP contribution in [0.1, 0.15) is 5.56 Å². The van der Waals surface area contributed by atoms with Crippen LogP contribution in [0.3, 0.4) is 0 Å². The summed E-state index contributed by atoms with van der Waals surface area (Å²) in [5.41, 5.74) is 2.70. The second-order valence-electron chi connectivity index (χ2n) is 4.07. The molecular weight excluding hydrogens is 224 g/mol. The van der Waals surface area contributed by atoms with Gasteiger partial charge in [-0.2, -0.15) is 0 Å². The molecule has 18 heavy (non-hydrogen) atoms. The van der Waals surface area contributed by atoms with Gasteiger partial charge in [0, 0.05) is 29.5 Å². The third-order valence-electron chi connectivity index (χ3n) is 3.01. The Morgan fingerprint density at radius 1 is 1.00 bits per heavy atom. The molecule has 0 aliphatic rings. The van der Waals surface area contributed by atoms with E-state index >= 15 is 0 Å². The first kappa shape index (κ1) is 10.9. The Balaban J connectivity index is 2.32. The monoisotopic (exact) mass is 236 g/mol. The van der Waals surface area contributed by atoms with Crippen molar-refractivity contribution in [2.75, 3.05) is 0 Å². The van der Waals surface area contributed by atoms with Crippen molar-refractivity contribution in [1.29, 1.82) is 0 Å². The van der Waals surface area contributed by atoms with Crippen LogP contribution >= 0.6 is 0 Å². The van der Waals surface area contributed by atoms with Gasteiger partial charge >= 0.3 is 0 Å². The van der Waals surface area contributed by atoms with E-state index in [1.807, 2.05) is 42.6 Å². The molecule has 0 unspecified atom stereocenters. The molecule has 2 aromatic heterocycles. The van der Waals surface area contributed by atoms with Crippen LogP contribution in [0, 0.1) is 0 Å². The second-order valence-corrected chi connectivity index (χ2v) is 4.07. The minimum Gasteiger partial charge on any atom is -0.392 e. The van der Waals surface area contributed by atoms with Gasteiger partial charge in [-0.3, -0.25) is 9.97 Å². The normalized spacial score (nSPS) is 10.7. The number of fused-ring (bicyclic) bond motifs is 1. The predicted octanol–water partition coefficient (Wildman–Crippen LogP) is 2.79. The second kappa shape index (κ2) is 4.55. The third kappa shape index (κ3) is 1.75. The van der Waals surface area contributed by atoms with Crippen LogP contribution in [0.5, 0.6) is 0 Å². The molecule has 0 radical (unpaired) electrons. The molecule has 0 fully saturated rings. The smallest absolute Gasteiger partial charge is 0.0799 e. The lowest BCUT2D eigenvalue weighted by atomic mass is 10.0. The van der Waals surface area contributed by atoms with Gasteiger partial charge in [0.25, 0.3) is 0 Å². The molecule has 3 aromatic rings. The van der Waals surface area contributed by atoms with Gasteiger partial charge in [-0.15, -0.1) is 0 Å². The molecule has 0 bridgehead atoms. The van der Waals surface area contributed by atoms with Gasteiger partial charge in [-0.1, -0.05) is 24.3 Å². The minimum atomic E-state index is 0.00844. The number of aliphatic hydroxyl groups excluding tert-OH is 1. The Hall–Kier alpha value is -2.26. The predicted molar refractivity (Wildman–Crippen MR) is 70.9 cm³/mol. The standard InChI is InChI=1S/C15H12N2O/c18-10-12-3-1-2-4-13(12)15-14-9-16-7-5-11(14)6-8-17-15/h1-9,18H,10H2. The number of pyridine rings is 2. The molecule has 2 heterocycles. The number of nitrogens with zero attached hydrogens (tertiary/aromatic N) is 2. The highest BCUT2D eigenvalue weighted by Crippen LogP contribution is 2.28. The zero-order valence-corrected chi connectivity index (χ0v) is 9.74. The van der Waals surface area contributed by atoms with Gasteiger partial charge < -0.3 is 5.11 Å². The van der Waals surface area contributed by atoms with Crippen molar-refractivity contribution in [3.05, 3.63) is 60.6 Å². The third-order valence-corrected chi connectivity index (χ3v) is 3.01. The van der Waals surface area contributed by atoms with E-state index in [9.17, 15) is 5.11 Å². The number of hydrogen-bond acceptors (Lipinski definition) is 3. The number of aliphatic hydroxyl groups is 1. The molecule has 1 aromatic carbocycles. The van der Waals surface area contributed by atoms with E-state index in [0.717, 1.165) is 27.6 Å². The summed E-state index contributed by atoms with van der Waals surface area (Å²) in [6, 6.07) is 11.7. The van der Waals surface area contributed by atoms with Gasteiger partial charge in [0.15, 0.2) is 0 Å². The van der Waals surface area contributed by atoms with Crippen LogP contribution in [0.4, 0.5) is 0 Å². The highest BCUT2D eigenvalue weighted by Gasteiger charge is 2.08. The Morgan fingerprint density at radius 3 is 2.72 bits per heavy atom. The van der Waals surface area contributed by atoms with Crippen LogP contribution < -0.4 is 0 Å². The Bertz CT molecular complexity index is 689. The number of aromatic nitrogens is 2. The van der Waals surface area contributed by atoms with Crippen molar-refractivity contribution in [2.45, 2.75) is 6.61 Å². The maximum absolute atomic E-state index is 9.41. The van der Waals surface area contributed by atoms with E-state index in [4.69, 9.17) is 0 Å². The SMILES string of the molecule is OCc1ccccc1-c1nccc2ccncc12. The largest absolute Gasteiger partial charge is 0.392 e. The van der Waals surface area contributed by atoms with Crippen molar-refractivity contribution in [3.63, 3.8) is 0 Å². The summed E-state index contributed by atoms with van der Waals surface area (Å²) < 4.78 is 0. The summed E-state index contributed by atoms with van der Waals surface area (Å²) in [5.74, 6) is 0. The van der Waals surface area contributed by atoms with Gasteiger partial charge in [-0.05, 0) is 23.1 Å². The Kier molecular flexibility index (Phi) is 2.74. The first-order chi connectivity index (χ1) is 8.90. The molecule has 88 valence electrons. The summed E-state index contributed by atoms with van der Waals surface area (Å²) in [6.07, 6.45) is 5.36. The van der Waals surface area contributed by atoms with E-state index < -0.39 is 0 Å². The molecule has 0 aliphatic heterocycles.